The molecule has 2 fully saturated rings. The Hall–Kier alpha value is -2.67. The molecule has 33 heavy (non-hydrogen) atoms. The maximum atomic E-state index is 13.9. The fourth-order valence-corrected chi connectivity index (χ4v) is 5.02. The maximum Gasteiger partial charge on any atom is 0.343 e. The number of amides is 1. The minimum absolute atomic E-state index is 0.00888. The number of nitrogens with one attached hydrogen (secondary N) is 1. The van der Waals surface area contributed by atoms with E-state index in [1.807, 2.05) is 35.2 Å². The molecule has 1 saturated carbocycles. The third-order valence-electron chi connectivity index (χ3n) is 6.93. The van der Waals surface area contributed by atoms with E-state index < -0.39 is 5.97 Å². The van der Waals surface area contributed by atoms with E-state index >= 15 is 0 Å². The molecule has 1 N–H and O–H groups in total. The number of rotatable bonds is 7. The molecular formula is C26H36N4O3. The molecule has 0 unspecified atom stereocenters. The smallest absolute Gasteiger partial charge is 0.343 e. The molecule has 1 aromatic carbocycles. The van der Waals surface area contributed by atoms with Gasteiger partial charge in [0.05, 0.1) is 13.2 Å². The van der Waals surface area contributed by atoms with Crippen molar-refractivity contribution in [3.63, 3.8) is 0 Å². The van der Waals surface area contributed by atoms with E-state index in [1.54, 1.807) is 17.8 Å². The summed E-state index contributed by atoms with van der Waals surface area (Å²) in [6.07, 6.45) is 7.39. The molecule has 2 aromatic rings. The molecule has 7 nitrogen and oxygen atoms in total. The molecule has 0 radical (unpaired) electrons. The maximum absolute atomic E-state index is 13.9. The van der Waals surface area contributed by atoms with Crippen LogP contribution >= 0.6 is 0 Å². The lowest BCUT2D eigenvalue weighted by Crippen LogP contribution is -2.49. The van der Waals surface area contributed by atoms with Gasteiger partial charge in [-0.25, -0.2) is 4.79 Å². The first-order valence-corrected chi connectivity index (χ1v) is 12.4. The van der Waals surface area contributed by atoms with Crippen LogP contribution in [-0.2, 0) is 16.1 Å². The summed E-state index contributed by atoms with van der Waals surface area (Å²) < 4.78 is 7.13. The third-order valence-corrected chi connectivity index (χ3v) is 6.93. The van der Waals surface area contributed by atoms with Gasteiger partial charge in [0.2, 0.25) is 5.91 Å². The van der Waals surface area contributed by atoms with Crippen LogP contribution in [-0.4, -0.2) is 47.4 Å². The quantitative estimate of drug-likeness (QED) is 0.642. The first-order valence-electron chi connectivity index (χ1n) is 12.4. The second-order valence-corrected chi connectivity index (χ2v) is 9.42. The van der Waals surface area contributed by atoms with Gasteiger partial charge in [-0.2, -0.15) is 5.10 Å². The van der Waals surface area contributed by atoms with Crippen molar-refractivity contribution in [2.24, 2.45) is 11.8 Å². The van der Waals surface area contributed by atoms with Gasteiger partial charge >= 0.3 is 5.97 Å². The molecule has 178 valence electrons. The summed E-state index contributed by atoms with van der Waals surface area (Å²) in [5.41, 5.74) is 1.46. The summed E-state index contributed by atoms with van der Waals surface area (Å²) in [6, 6.07) is 10.0. The molecule has 1 aliphatic carbocycles. The van der Waals surface area contributed by atoms with Gasteiger partial charge in [-0.05, 0) is 70.0 Å². The molecule has 2 aliphatic rings. The average molecular weight is 453 g/mol. The molecular weight excluding hydrogens is 416 g/mol. The predicted molar refractivity (Wildman–Crippen MR) is 128 cm³/mol. The lowest BCUT2D eigenvalue weighted by atomic mass is 9.82. The van der Waals surface area contributed by atoms with E-state index in [9.17, 15) is 9.59 Å². The van der Waals surface area contributed by atoms with Crippen LogP contribution in [0.5, 0.6) is 0 Å². The highest BCUT2D eigenvalue weighted by Crippen LogP contribution is 2.34. The summed E-state index contributed by atoms with van der Waals surface area (Å²) in [6.45, 7) is 6.58. The van der Waals surface area contributed by atoms with Gasteiger partial charge in [0, 0.05) is 18.2 Å². The lowest BCUT2D eigenvalue weighted by Gasteiger charge is -2.37. The highest BCUT2D eigenvalue weighted by molar-refractivity contribution is 6.02. The van der Waals surface area contributed by atoms with Gasteiger partial charge in [0.25, 0.3) is 0 Å². The third kappa shape index (κ3) is 5.64. The van der Waals surface area contributed by atoms with Gasteiger partial charge in [0.15, 0.2) is 5.82 Å². The van der Waals surface area contributed by atoms with Crippen molar-refractivity contribution in [1.82, 2.24) is 15.1 Å². The van der Waals surface area contributed by atoms with E-state index in [1.165, 1.54) is 0 Å². The Morgan fingerprint density at radius 2 is 1.79 bits per heavy atom. The fourth-order valence-electron chi connectivity index (χ4n) is 5.02. The number of carbonyl (C=O) groups excluding carboxylic acids is 2. The van der Waals surface area contributed by atoms with Crippen LogP contribution in [0.15, 0.2) is 36.5 Å². The monoisotopic (exact) mass is 452 g/mol. The number of nitrogens with zero attached hydrogens (tertiary/aromatic N) is 3. The molecule has 1 aromatic heterocycles. The average Bonchev–Trinajstić information content (AvgIpc) is 3.24. The Kier molecular flexibility index (Phi) is 7.81. The Labute approximate surface area is 196 Å². The molecule has 1 amide bonds. The summed E-state index contributed by atoms with van der Waals surface area (Å²) in [4.78, 5) is 28.7. The topological polar surface area (TPSA) is 76.5 Å². The van der Waals surface area contributed by atoms with E-state index in [0.29, 0.717) is 23.8 Å². The number of ether oxygens (including phenoxy) is 1. The SMILES string of the molecule is CCOC(=O)c1cn(Cc2ccccc2)nc1N(C(=O)C1CCC(C)CC1)C1CCNCC1. The predicted octanol–water partition coefficient (Wildman–Crippen LogP) is 4.02. The van der Waals surface area contributed by atoms with Crippen LogP contribution in [0, 0.1) is 11.8 Å². The molecule has 7 heteroatoms. The fraction of sp³-hybridized carbons (Fsp3) is 0.577. The standard InChI is InChI=1S/C26H36N4O3/c1-3-33-26(32)23-18-29(17-20-7-5-4-6-8-20)28-24(23)30(22-13-15-27-16-14-22)25(31)21-11-9-19(2)10-12-21/h4-8,18-19,21-22,27H,3,9-17H2,1-2H3. The van der Waals surface area contributed by atoms with Gasteiger partial charge in [0.1, 0.15) is 5.56 Å². The second-order valence-electron chi connectivity index (χ2n) is 9.42. The van der Waals surface area contributed by atoms with Crippen LogP contribution in [0.4, 0.5) is 5.82 Å². The van der Waals surface area contributed by atoms with E-state index in [2.05, 4.69) is 12.2 Å². The number of carbonyl (C=O) groups is 2. The summed E-state index contributed by atoms with van der Waals surface area (Å²) in [5.74, 6) is 0.812. The van der Waals surface area contributed by atoms with Crippen molar-refractivity contribution in [2.75, 3.05) is 24.6 Å². The van der Waals surface area contributed by atoms with Crippen molar-refractivity contribution < 1.29 is 14.3 Å². The Morgan fingerprint density at radius 1 is 1.09 bits per heavy atom. The van der Waals surface area contributed by atoms with Crippen LogP contribution < -0.4 is 10.2 Å². The minimum Gasteiger partial charge on any atom is -0.462 e. The van der Waals surface area contributed by atoms with E-state index in [-0.39, 0.29) is 24.5 Å². The van der Waals surface area contributed by atoms with Crippen molar-refractivity contribution in [3.8, 4) is 0 Å². The summed E-state index contributed by atoms with van der Waals surface area (Å²) in [5, 5.41) is 8.20. The number of hydrogen-bond donors (Lipinski definition) is 1. The largest absolute Gasteiger partial charge is 0.462 e. The molecule has 1 saturated heterocycles. The van der Waals surface area contributed by atoms with Crippen LogP contribution in [0.2, 0.25) is 0 Å². The van der Waals surface area contributed by atoms with Crippen molar-refractivity contribution in [2.45, 2.75) is 65.0 Å². The van der Waals surface area contributed by atoms with Crippen molar-refractivity contribution >= 4 is 17.7 Å². The van der Waals surface area contributed by atoms with Crippen LogP contribution in [0.25, 0.3) is 0 Å². The molecule has 0 bridgehead atoms. The Morgan fingerprint density at radius 3 is 2.45 bits per heavy atom. The highest BCUT2D eigenvalue weighted by atomic mass is 16.5. The molecule has 1 aliphatic heterocycles. The number of benzene rings is 1. The Balaban J connectivity index is 1.70. The number of hydrogen-bond acceptors (Lipinski definition) is 5. The number of esters is 1. The van der Waals surface area contributed by atoms with E-state index in [0.717, 1.165) is 57.2 Å². The first-order chi connectivity index (χ1) is 16.1. The lowest BCUT2D eigenvalue weighted by molar-refractivity contribution is -0.124. The zero-order chi connectivity index (χ0) is 23.2. The summed E-state index contributed by atoms with van der Waals surface area (Å²) in [7, 11) is 0. The zero-order valence-corrected chi connectivity index (χ0v) is 19.8. The van der Waals surface area contributed by atoms with Gasteiger partial charge in [-0.3, -0.25) is 14.4 Å². The van der Waals surface area contributed by atoms with Crippen LogP contribution in [0.1, 0.15) is 68.3 Å². The zero-order valence-electron chi connectivity index (χ0n) is 19.8. The number of aromatic nitrogens is 2. The number of piperidine rings is 1. The van der Waals surface area contributed by atoms with E-state index in [4.69, 9.17) is 9.84 Å². The van der Waals surface area contributed by atoms with Gasteiger partial charge in [-0.15, -0.1) is 0 Å². The van der Waals surface area contributed by atoms with Crippen molar-refractivity contribution in [1.29, 1.82) is 0 Å². The molecule has 0 spiro atoms. The van der Waals surface area contributed by atoms with Crippen molar-refractivity contribution in [3.05, 3.63) is 47.7 Å². The number of anilines is 1. The van der Waals surface area contributed by atoms with Gasteiger partial charge < -0.3 is 10.1 Å². The normalized spacial score (nSPS) is 21.5. The molecule has 0 atom stereocenters. The Bertz CT molecular complexity index is 928. The van der Waals surface area contributed by atoms with Crippen LogP contribution in [0.3, 0.4) is 0 Å². The highest BCUT2D eigenvalue weighted by Gasteiger charge is 2.37. The molecule has 4 rings (SSSR count). The first kappa shape index (κ1) is 23.5. The van der Waals surface area contributed by atoms with Gasteiger partial charge in [-0.1, -0.05) is 37.3 Å². The molecule has 2 heterocycles. The minimum atomic E-state index is -0.421. The second kappa shape index (κ2) is 11.0. The summed E-state index contributed by atoms with van der Waals surface area (Å²) >= 11 is 0.